The van der Waals surface area contributed by atoms with Crippen LogP contribution in [0.4, 0.5) is 5.82 Å². The molecule has 1 amide bonds. The summed E-state index contributed by atoms with van der Waals surface area (Å²) in [6.45, 7) is 3.23. The zero-order chi connectivity index (χ0) is 15.1. The van der Waals surface area contributed by atoms with Crippen LogP contribution in [0.15, 0.2) is 35.9 Å². The molecule has 0 saturated carbocycles. The lowest BCUT2D eigenvalue weighted by molar-refractivity contribution is -0.118. The van der Waals surface area contributed by atoms with Crippen molar-refractivity contribution in [2.75, 3.05) is 24.2 Å². The van der Waals surface area contributed by atoms with Crippen molar-refractivity contribution in [1.82, 2.24) is 19.9 Å². The summed E-state index contributed by atoms with van der Waals surface area (Å²) in [5, 5.41) is 6.87. The highest BCUT2D eigenvalue weighted by molar-refractivity contribution is 7.99. The smallest absolute Gasteiger partial charge is 0.230 e. The molecule has 0 radical (unpaired) electrons. The Bertz CT molecular complexity index is 599. The second-order valence-electron chi connectivity index (χ2n) is 4.60. The van der Waals surface area contributed by atoms with E-state index >= 15 is 0 Å². The number of carbonyl (C=O) groups excluding carboxylic acids is 1. The molecule has 112 valence electrons. The number of hydrogen-bond donors (Lipinski definition) is 2. The van der Waals surface area contributed by atoms with E-state index in [-0.39, 0.29) is 5.91 Å². The molecule has 7 heteroatoms. The maximum atomic E-state index is 11.7. The van der Waals surface area contributed by atoms with Crippen LogP contribution in [-0.4, -0.2) is 39.3 Å². The second-order valence-corrected chi connectivity index (χ2v) is 5.55. The number of anilines is 1. The second kappa shape index (κ2) is 7.68. The van der Waals surface area contributed by atoms with E-state index in [4.69, 9.17) is 0 Å². The average molecular weight is 305 g/mol. The zero-order valence-electron chi connectivity index (χ0n) is 12.2. The van der Waals surface area contributed by atoms with Crippen LogP contribution in [0, 0.1) is 6.92 Å². The van der Waals surface area contributed by atoms with Gasteiger partial charge in [0.05, 0.1) is 5.75 Å². The zero-order valence-corrected chi connectivity index (χ0v) is 13.0. The first-order valence-corrected chi connectivity index (χ1v) is 7.67. The molecule has 2 heterocycles. The van der Waals surface area contributed by atoms with E-state index in [0.717, 1.165) is 16.5 Å². The Labute approximate surface area is 128 Å². The van der Waals surface area contributed by atoms with E-state index in [2.05, 4.69) is 20.6 Å². The van der Waals surface area contributed by atoms with Crippen molar-refractivity contribution in [3.05, 3.63) is 36.3 Å². The van der Waals surface area contributed by atoms with Crippen LogP contribution in [0.25, 0.3) is 0 Å². The lowest BCUT2D eigenvalue weighted by atomic mass is 10.3. The average Bonchev–Trinajstić information content (AvgIpc) is 2.87. The van der Waals surface area contributed by atoms with Crippen molar-refractivity contribution in [3.8, 4) is 0 Å². The van der Waals surface area contributed by atoms with Crippen LogP contribution in [0.3, 0.4) is 0 Å². The molecule has 0 bridgehead atoms. The summed E-state index contributed by atoms with van der Waals surface area (Å²) in [4.78, 5) is 20.1. The highest BCUT2D eigenvalue weighted by Crippen LogP contribution is 2.13. The third kappa shape index (κ3) is 5.11. The van der Waals surface area contributed by atoms with Gasteiger partial charge in [-0.25, -0.2) is 9.97 Å². The van der Waals surface area contributed by atoms with E-state index in [1.807, 2.05) is 36.9 Å². The van der Waals surface area contributed by atoms with Gasteiger partial charge in [0.15, 0.2) is 5.16 Å². The summed E-state index contributed by atoms with van der Waals surface area (Å²) >= 11 is 1.43. The molecule has 0 aromatic carbocycles. The Kier molecular flexibility index (Phi) is 5.62. The van der Waals surface area contributed by atoms with Gasteiger partial charge < -0.3 is 15.2 Å². The van der Waals surface area contributed by atoms with Crippen LogP contribution in [0.5, 0.6) is 0 Å². The summed E-state index contributed by atoms with van der Waals surface area (Å²) in [6, 6.07) is 3.92. The van der Waals surface area contributed by atoms with E-state index in [0.29, 0.717) is 18.8 Å². The number of aromatic nitrogens is 3. The fraction of sp³-hybridized carbons (Fsp3) is 0.357. The van der Waals surface area contributed by atoms with E-state index in [1.165, 1.54) is 11.8 Å². The first-order chi connectivity index (χ1) is 10.1. The molecule has 6 nitrogen and oxygen atoms in total. The predicted octanol–water partition coefficient (Wildman–Crippen LogP) is 1.44. The summed E-state index contributed by atoms with van der Waals surface area (Å²) in [6.07, 6.45) is 5.34. The molecule has 0 atom stereocenters. The lowest BCUT2D eigenvalue weighted by Gasteiger charge is -2.07. The van der Waals surface area contributed by atoms with Gasteiger partial charge in [0.1, 0.15) is 5.82 Å². The van der Waals surface area contributed by atoms with Crippen molar-refractivity contribution in [3.63, 3.8) is 0 Å². The van der Waals surface area contributed by atoms with Gasteiger partial charge in [-0.1, -0.05) is 11.8 Å². The number of rotatable bonds is 7. The Hall–Kier alpha value is -2.02. The van der Waals surface area contributed by atoms with Crippen molar-refractivity contribution >= 4 is 23.5 Å². The molecular formula is C14H19N5OS. The van der Waals surface area contributed by atoms with E-state index < -0.39 is 0 Å². The minimum absolute atomic E-state index is 0.00185. The maximum Gasteiger partial charge on any atom is 0.230 e. The van der Waals surface area contributed by atoms with Gasteiger partial charge in [-0.2, -0.15) is 0 Å². The minimum atomic E-state index is 0.00185. The molecule has 2 aromatic rings. The largest absolute Gasteiger partial charge is 0.368 e. The maximum absolute atomic E-state index is 11.7. The van der Waals surface area contributed by atoms with Gasteiger partial charge >= 0.3 is 0 Å². The number of imidazole rings is 1. The molecule has 0 fully saturated rings. The molecule has 21 heavy (non-hydrogen) atoms. The first kappa shape index (κ1) is 15.4. The predicted molar refractivity (Wildman–Crippen MR) is 84.4 cm³/mol. The molecule has 2 aromatic heterocycles. The van der Waals surface area contributed by atoms with Gasteiger partial charge in [0.2, 0.25) is 5.91 Å². The van der Waals surface area contributed by atoms with Crippen molar-refractivity contribution in [2.45, 2.75) is 12.1 Å². The molecule has 2 N–H and O–H groups in total. The number of thioether (sulfide) groups is 1. The molecule has 0 aliphatic rings. The normalized spacial score (nSPS) is 10.4. The van der Waals surface area contributed by atoms with Gasteiger partial charge in [-0.3, -0.25) is 4.79 Å². The Balaban J connectivity index is 1.62. The summed E-state index contributed by atoms with van der Waals surface area (Å²) in [5.74, 6) is 1.20. The molecule has 0 unspecified atom stereocenters. The monoisotopic (exact) mass is 305 g/mol. The number of hydrogen-bond acceptors (Lipinski definition) is 5. The standard InChI is InChI=1S/C14H19N5OS/c1-11-3-4-15-12(9-11)16-5-6-17-13(20)10-21-14-18-7-8-19(14)2/h3-4,7-9H,5-6,10H2,1-2H3,(H,15,16)(H,17,20). The number of nitrogens with one attached hydrogen (secondary N) is 2. The summed E-state index contributed by atoms with van der Waals surface area (Å²) < 4.78 is 1.89. The molecule has 0 aliphatic carbocycles. The van der Waals surface area contributed by atoms with Gasteiger partial charge in [-0.05, 0) is 24.6 Å². The van der Waals surface area contributed by atoms with Crippen LogP contribution in [-0.2, 0) is 11.8 Å². The highest BCUT2D eigenvalue weighted by Gasteiger charge is 2.05. The van der Waals surface area contributed by atoms with Crippen molar-refractivity contribution < 1.29 is 4.79 Å². The van der Waals surface area contributed by atoms with Gasteiger partial charge in [-0.15, -0.1) is 0 Å². The Morgan fingerprint density at radius 2 is 2.19 bits per heavy atom. The number of aryl methyl sites for hydroxylation is 2. The molecule has 2 rings (SSSR count). The number of nitrogens with zero attached hydrogens (tertiary/aromatic N) is 3. The Morgan fingerprint density at radius 3 is 2.90 bits per heavy atom. The molecule has 0 spiro atoms. The quantitative estimate of drug-likeness (QED) is 0.598. The molecule has 0 aliphatic heterocycles. The fourth-order valence-corrected chi connectivity index (χ4v) is 2.46. The Morgan fingerprint density at radius 1 is 1.33 bits per heavy atom. The summed E-state index contributed by atoms with van der Waals surface area (Å²) in [7, 11) is 1.91. The molecule has 0 saturated heterocycles. The third-order valence-electron chi connectivity index (χ3n) is 2.78. The minimum Gasteiger partial charge on any atom is -0.368 e. The van der Waals surface area contributed by atoms with Crippen LogP contribution < -0.4 is 10.6 Å². The molecular weight excluding hydrogens is 286 g/mol. The fourth-order valence-electron chi connectivity index (χ4n) is 1.70. The number of amides is 1. The third-order valence-corrected chi connectivity index (χ3v) is 3.84. The van der Waals surface area contributed by atoms with Gasteiger partial charge in [0.25, 0.3) is 0 Å². The number of pyridine rings is 1. The van der Waals surface area contributed by atoms with Crippen LogP contribution in [0.1, 0.15) is 5.56 Å². The van der Waals surface area contributed by atoms with Crippen molar-refractivity contribution in [2.24, 2.45) is 7.05 Å². The van der Waals surface area contributed by atoms with Crippen molar-refractivity contribution in [1.29, 1.82) is 0 Å². The van der Waals surface area contributed by atoms with E-state index in [1.54, 1.807) is 12.4 Å². The van der Waals surface area contributed by atoms with Crippen LogP contribution >= 0.6 is 11.8 Å². The topological polar surface area (TPSA) is 71.8 Å². The first-order valence-electron chi connectivity index (χ1n) is 6.68. The lowest BCUT2D eigenvalue weighted by Crippen LogP contribution is -2.30. The van der Waals surface area contributed by atoms with Crippen LogP contribution in [0.2, 0.25) is 0 Å². The number of carbonyl (C=O) groups is 1. The summed E-state index contributed by atoms with van der Waals surface area (Å²) in [5.41, 5.74) is 1.16. The highest BCUT2D eigenvalue weighted by atomic mass is 32.2. The van der Waals surface area contributed by atoms with E-state index in [9.17, 15) is 4.79 Å². The van der Waals surface area contributed by atoms with Gasteiger partial charge in [0, 0.05) is 38.7 Å². The SMILES string of the molecule is Cc1ccnc(NCCNC(=O)CSc2nccn2C)c1.